The van der Waals surface area contributed by atoms with Crippen LogP contribution in [0.4, 0.5) is 0 Å². The van der Waals surface area contributed by atoms with E-state index in [9.17, 15) is 0 Å². The number of halogens is 2. The third kappa shape index (κ3) is 3.56. The van der Waals surface area contributed by atoms with Gasteiger partial charge in [0, 0.05) is 19.0 Å². The minimum absolute atomic E-state index is 0.614. The van der Waals surface area contributed by atoms with Gasteiger partial charge in [-0.25, -0.2) is 0 Å². The van der Waals surface area contributed by atoms with Crippen LogP contribution in [-0.4, -0.2) is 19.5 Å². The lowest BCUT2D eigenvalue weighted by Crippen LogP contribution is -2.16. The second-order valence-electron chi connectivity index (χ2n) is 3.28. The van der Waals surface area contributed by atoms with Crippen LogP contribution in [0.15, 0.2) is 12.1 Å². The molecule has 0 spiro atoms. The molecule has 0 radical (unpaired) electrons. The predicted molar refractivity (Wildman–Crippen MR) is 65.2 cm³/mol. The van der Waals surface area contributed by atoms with E-state index in [4.69, 9.17) is 27.9 Å². The highest BCUT2D eigenvalue weighted by atomic mass is 35.5. The summed E-state index contributed by atoms with van der Waals surface area (Å²) in [5.74, 6) is 1.33. The molecule has 2 nitrogen and oxygen atoms in total. The summed E-state index contributed by atoms with van der Waals surface area (Å²) in [6.45, 7) is 3.61. The number of hydrogen-bond acceptors (Lipinski definition) is 2. The number of nitrogens with one attached hydrogen (secondary N) is 1. The number of aryl methyl sites for hydroxylation is 1. The quantitative estimate of drug-likeness (QED) is 0.639. The molecule has 0 aliphatic carbocycles. The average Bonchev–Trinajstić information content (AvgIpc) is 2.23. The summed E-state index contributed by atoms with van der Waals surface area (Å²) in [6, 6.07) is 3.87. The van der Waals surface area contributed by atoms with E-state index in [0.717, 1.165) is 18.8 Å². The van der Waals surface area contributed by atoms with E-state index in [1.165, 1.54) is 11.1 Å². The fraction of sp³-hybridized carbons (Fsp3) is 0.455. The summed E-state index contributed by atoms with van der Waals surface area (Å²) >= 11 is 11.6. The highest BCUT2D eigenvalue weighted by Gasteiger charge is 2.05. The van der Waals surface area contributed by atoms with Crippen LogP contribution in [0.5, 0.6) is 5.75 Å². The Labute approximate surface area is 101 Å². The maximum atomic E-state index is 6.04. The lowest BCUT2D eigenvalue weighted by molar-refractivity contribution is 0.414. The molecule has 84 valence electrons. The highest BCUT2D eigenvalue weighted by Crippen LogP contribution is 2.27. The van der Waals surface area contributed by atoms with Crippen molar-refractivity contribution in [2.45, 2.75) is 13.5 Å². The summed E-state index contributed by atoms with van der Waals surface area (Å²) in [7, 11) is 1.62. The zero-order valence-electron chi connectivity index (χ0n) is 8.94. The standard InChI is InChI=1S/C11H15Cl2NO/c1-8-5-11(15-2)10(13)6-9(8)7-14-4-3-12/h5-6,14H,3-4,7H2,1-2H3. The van der Waals surface area contributed by atoms with E-state index in [-0.39, 0.29) is 0 Å². The number of alkyl halides is 1. The first kappa shape index (κ1) is 12.6. The first-order valence-corrected chi connectivity index (χ1v) is 5.70. The second-order valence-corrected chi connectivity index (χ2v) is 4.06. The number of rotatable bonds is 5. The van der Waals surface area contributed by atoms with E-state index in [2.05, 4.69) is 5.32 Å². The Morgan fingerprint density at radius 1 is 1.40 bits per heavy atom. The lowest BCUT2D eigenvalue weighted by atomic mass is 10.1. The predicted octanol–water partition coefficient (Wildman–Crippen LogP) is 2.99. The molecule has 0 saturated carbocycles. The molecule has 4 heteroatoms. The Kier molecular flexibility index (Phi) is 5.23. The largest absolute Gasteiger partial charge is 0.495 e. The van der Waals surface area contributed by atoms with E-state index in [1.54, 1.807) is 7.11 Å². The molecule has 0 atom stereocenters. The van der Waals surface area contributed by atoms with Gasteiger partial charge in [0.2, 0.25) is 0 Å². The van der Waals surface area contributed by atoms with Crippen LogP contribution in [0.1, 0.15) is 11.1 Å². The van der Waals surface area contributed by atoms with Gasteiger partial charge in [-0.05, 0) is 30.2 Å². The molecular weight excluding hydrogens is 233 g/mol. The molecule has 0 unspecified atom stereocenters. The molecular formula is C11H15Cl2NO. The lowest BCUT2D eigenvalue weighted by Gasteiger charge is -2.10. The van der Waals surface area contributed by atoms with Gasteiger partial charge in [-0.3, -0.25) is 0 Å². The Bertz CT molecular complexity index is 329. The maximum Gasteiger partial charge on any atom is 0.137 e. The summed E-state index contributed by atoms with van der Waals surface area (Å²) in [5, 5.41) is 3.87. The number of ether oxygens (including phenoxy) is 1. The van der Waals surface area contributed by atoms with Gasteiger partial charge in [0.1, 0.15) is 5.75 Å². The zero-order chi connectivity index (χ0) is 11.3. The number of hydrogen-bond donors (Lipinski definition) is 1. The zero-order valence-corrected chi connectivity index (χ0v) is 10.5. The summed E-state index contributed by atoms with van der Waals surface area (Å²) in [5.41, 5.74) is 2.34. The van der Waals surface area contributed by atoms with Crippen molar-refractivity contribution in [3.05, 3.63) is 28.3 Å². The molecule has 1 N–H and O–H groups in total. The van der Waals surface area contributed by atoms with Crippen LogP contribution in [0, 0.1) is 6.92 Å². The molecule has 0 heterocycles. The van der Waals surface area contributed by atoms with Crippen molar-refractivity contribution in [1.29, 1.82) is 0 Å². The molecule has 1 rings (SSSR count). The molecule has 1 aromatic carbocycles. The first-order chi connectivity index (χ1) is 7.19. The minimum atomic E-state index is 0.614. The van der Waals surface area contributed by atoms with Gasteiger partial charge < -0.3 is 10.1 Å². The Balaban J connectivity index is 2.76. The van der Waals surface area contributed by atoms with E-state index in [0.29, 0.717) is 10.9 Å². The molecule has 0 aliphatic heterocycles. The van der Waals surface area contributed by atoms with Crippen LogP contribution < -0.4 is 10.1 Å². The minimum Gasteiger partial charge on any atom is -0.495 e. The average molecular weight is 248 g/mol. The van der Waals surface area contributed by atoms with Crippen molar-refractivity contribution in [3.8, 4) is 5.75 Å². The van der Waals surface area contributed by atoms with Gasteiger partial charge >= 0.3 is 0 Å². The monoisotopic (exact) mass is 247 g/mol. The van der Waals surface area contributed by atoms with Crippen LogP contribution in [-0.2, 0) is 6.54 Å². The normalized spacial score (nSPS) is 10.4. The van der Waals surface area contributed by atoms with Crippen molar-refractivity contribution in [1.82, 2.24) is 5.32 Å². The second kappa shape index (κ2) is 6.21. The van der Waals surface area contributed by atoms with Gasteiger partial charge in [-0.1, -0.05) is 11.6 Å². The van der Waals surface area contributed by atoms with E-state index < -0.39 is 0 Å². The van der Waals surface area contributed by atoms with Gasteiger partial charge in [0.15, 0.2) is 0 Å². The Morgan fingerprint density at radius 2 is 2.13 bits per heavy atom. The van der Waals surface area contributed by atoms with Crippen LogP contribution in [0.2, 0.25) is 5.02 Å². The molecule has 0 bridgehead atoms. The smallest absolute Gasteiger partial charge is 0.137 e. The van der Waals surface area contributed by atoms with E-state index in [1.807, 2.05) is 19.1 Å². The third-order valence-electron chi connectivity index (χ3n) is 2.20. The fourth-order valence-corrected chi connectivity index (χ4v) is 1.73. The molecule has 1 aromatic rings. The number of benzene rings is 1. The van der Waals surface area contributed by atoms with Crippen molar-refractivity contribution in [2.75, 3.05) is 19.5 Å². The third-order valence-corrected chi connectivity index (χ3v) is 2.68. The molecule has 0 fully saturated rings. The van der Waals surface area contributed by atoms with Gasteiger partial charge in [0.25, 0.3) is 0 Å². The topological polar surface area (TPSA) is 21.3 Å². The molecule has 0 aromatic heterocycles. The van der Waals surface area contributed by atoms with Crippen molar-refractivity contribution in [2.24, 2.45) is 0 Å². The van der Waals surface area contributed by atoms with Crippen LogP contribution >= 0.6 is 23.2 Å². The number of methoxy groups -OCH3 is 1. The highest BCUT2D eigenvalue weighted by molar-refractivity contribution is 6.32. The van der Waals surface area contributed by atoms with Gasteiger partial charge in [-0.2, -0.15) is 0 Å². The van der Waals surface area contributed by atoms with Crippen LogP contribution in [0.3, 0.4) is 0 Å². The summed E-state index contributed by atoms with van der Waals surface area (Å²) in [6.07, 6.45) is 0. The Hall–Kier alpha value is -0.440. The van der Waals surface area contributed by atoms with Crippen LogP contribution in [0.25, 0.3) is 0 Å². The van der Waals surface area contributed by atoms with Crippen molar-refractivity contribution in [3.63, 3.8) is 0 Å². The molecule has 15 heavy (non-hydrogen) atoms. The van der Waals surface area contributed by atoms with Crippen molar-refractivity contribution >= 4 is 23.2 Å². The maximum absolute atomic E-state index is 6.04. The van der Waals surface area contributed by atoms with Gasteiger partial charge in [-0.15, -0.1) is 11.6 Å². The van der Waals surface area contributed by atoms with Crippen molar-refractivity contribution < 1.29 is 4.74 Å². The van der Waals surface area contributed by atoms with Gasteiger partial charge in [0.05, 0.1) is 12.1 Å². The summed E-state index contributed by atoms with van der Waals surface area (Å²) in [4.78, 5) is 0. The molecule has 0 amide bonds. The summed E-state index contributed by atoms with van der Waals surface area (Å²) < 4.78 is 5.13. The first-order valence-electron chi connectivity index (χ1n) is 4.78. The van der Waals surface area contributed by atoms with E-state index >= 15 is 0 Å². The Morgan fingerprint density at radius 3 is 2.73 bits per heavy atom. The molecule has 0 saturated heterocycles. The fourth-order valence-electron chi connectivity index (χ4n) is 1.33. The SMILES string of the molecule is COc1cc(C)c(CNCCCl)cc1Cl. The molecule has 0 aliphatic rings.